The summed E-state index contributed by atoms with van der Waals surface area (Å²) in [7, 11) is 0. The topological polar surface area (TPSA) is 33.1 Å². The van der Waals surface area contributed by atoms with Gasteiger partial charge in [-0.15, -0.1) is 0 Å². The Bertz CT molecular complexity index is 694. The Morgan fingerprint density at radius 3 is 2.88 bits per heavy atom. The molecule has 0 aliphatic heterocycles. The zero-order valence-corrected chi connectivity index (χ0v) is 9.07. The summed E-state index contributed by atoms with van der Waals surface area (Å²) in [6.07, 6.45) is 1.70. The number of hydrogen-bond donors (Lipinski definition) is 1. The van der Waals surface area contributed by atoms with Crippen LogP contribution in [0.1, 0.15) is 0 Å². The number of rotatable bonds is 0. The van der Waals surface area contributed by atoms with Gasteiger partial charge in [0.1, 0.15) is 5.75 Å². The first-order chi connectivity index (χ1) is 7.77. The fourth-order valence-corrected chi connectivity index (χ4v) is 2.22. The SMILES string of the molecule is Oc1cccc2cc(Cl)c3cccnc3c12. The van der Waals surface area contributed by atoms with Gasteiger partial charge in [0.15, 0.2) is 0 Å². The third-order valence-electron chi connectivity index (χ3n) is 2.66. The second kappa shape index (κ2) is 3.35. The number of hydrogen-bond acceptors (Lipinski definition) is 2. The van der Waals surface area contributed by atoms with Crippen LogP contribution in [0.5, 0.6) is 5.75 Å². The molecule has 0 unspecified atom stereocenters. The minimum atomic E-state index is 0.234. The van der Waals surface area contributed by atoms with Crippen LogP contribution >= 0.6 is 11.6 Å². The summed E-state index contributed by atoms with van der Waals surface area (Å²) in [5.41, 5.74) is 0.739. The van der Waals surface area contributed by atoms with Crippen LogP contribution in [0, 0.1) is 0 Å². The molecule has 0 spiro atoms. The molecule has 16 heavy (non-hydrogen) atoms. The van der Waals surface area contributed by atoms with Crippen LogP contribution in [0.25, 0.3) is 21.7 Å². The van der Waals surface area contributed by atoms with Gasteiger partial charge < -0.3 is 5.11 Å². The van der Waals surface area contributed by atoms with Gasteiger partial charge in [-0.05, 0) is 29.7 Å². The van der Waals surface area contributed by atoms with Crippen molar-refractivity contribution in [1.29, 1.82) is 0 Å². The quantitative estimate of drug-likeness (QED) is 0.596. The van der Waals surface area contributed by atoms with Gasteiger partial charge in [-0.2, -0.15) is 0 Å². The van der Waals surface area contributed by atoms with E-state index in [9.17, 15) is 5.11 Å². The minimum Gasteiger partial charge on any atom is -0.507 e. The highest BCUT2D eigenvalue weighted by molar-refractivity contribution is 6.37. The van der Waals surface area contributed by atoms with Crippen LogP contribution in [-0.2, 0) is 0 Å². The summed E-state index contributed by atoms with van der Waals surface area (Å²) >= 11 is 6.17. The van der Waals surface area contributed by atoms with E-state index in [-0.39, 0.29) is 5.75 Å². The standard InChI is InChI=1S/C13H8ClNO/c14-10-7-8-3-1-5-11(16)12(8)13-9(10)4-2-6-15-13/h1-7,16H. The van der Waals surface area contributed by atoms with Gasteiger partial charge in [-0.25, -0.2) is 0 Å². The van der Waals surface area contributed by atoms with Crippen molar-refractivity contribution >= 4 is 33.3 Å². The third kappa shape index (κ3) is 1.24. The fraction of sp³-hybridized carbons (Fsp3) is 0. The van der Waals surface area contributed by atoms with Crippen molar-refractivity contribution in [3.05, 3.63) is 47.6 Å². The van der Waals surface area contributed by atoms with Crippen LogP contribution in [0.2, 0.25) is 5.02 Å². The van der Waals surface area contributed by atoms with Crippen LogP contribution in [0.3, 0.4) is 0 Å². The van der Waals surface area contributed by atoms with Crippen LogP contribution in [-0.4, -0.2) is 10.1 Å². The van der Waals surface area contributed by atoms with Crippen molar-refractivity contribution in [2.45, 2.75) is 0 Å². The van der Waals surface area contributed by atoms with E-state index in [1.165, 1.54) is 0 Å². The Hall–Kier alpha value is -1.80. The number of phenols is 1. The third-order valence-corrected chi connectivity index (χ3v) is 2.97. The summed E-state index contributed by atoms with van der Waals surface area (Å²) in [6.45, 7) is 0. The molecule has 0 saturated carbocycles. The summed E-state index contributed by atoms with van der Waals surface area (Å²) in [6, 6.07) is 10.9. The maximum Gasteiger partial charge on any atom is 0.125 e. The number of halogens is 1. The lowest BCUT2D eigenvalue weighted by Crippen LogP contribution is -1.83. The van der Waals surface area contributed by atoms with Crippen LogP contribution in [0.15, 0.2) is 42.6 Å². The van der Waals surface area contributed by atoms with Crippen LogP contribution in [0.4, 0.5) is 0 Å². The largest absolute Gasteiger partial charge is 0.507 e. The Morgan fingerprint density at radius 2 is 2.00 bits per heavy atom. The van der Waals surface area contributed by atoms with Crippen molar-refractivity contribution in [3.63, 3.8) is 0 Å². The summed E-state index contributed by atoms with van der Waals surface area (Å²) in [4.78, 5) is 4.29. The average Bonchev–Trinajstić information content (AvgIpc) is 2.29. The zero-order valence-electron chi connectivity index (χ0n) is 8.31. The molecule has 1 heterocycles. The molecular formula is C13H8ClNO. The van der Waals surface area contributed by atoms with Crippen LogP contribution < -0.4 is 0 Å². The van der Waals surface area contributed by atoms with Gasteiger partial charge in [-0.1, -0.05) is 23.7 Å². The summed E-state index contributed by atoms with van der Waals surface area (Å²) < 4.78 is 0. The van der Waals surface area contributed by atoms with Gasteiger partial charge in [0.05, 0.1) is 10.5 Å². The van der Waals surface area contributed by atoms with E-state index in [2.05, 4.69) is 4.98 Å². The highest BCUT2D eigenvalue weighted by Gasteiger charge is 2.08. The van der Waals surface area contributed by atoms with Gasteiger partial charge >= 0.3 is 0 Å². The summed E-state index contributed by atoms with van der Waals surface area (Å²) in [5.74, 6) is 0.234. The number of nitrogens with zero attached hydrogens (tertiary/aromatic N) is 1. The van der Waals surface area contributed by atoms with Gasteiger partial charge in [-0.3, -0.25) is 4.98 Å². The molecule has 0 fully saturated rings. The predicted molar refractivity (Wildman–Crippen MR) is 65.9 cm³/mol. The average molecular weight is 230 g/mol. The van der Waals surface area contributed by atoms with Crippen molar-refractivity contribution < 1.29 is 5.11 Å². The Kier molecular flexibility index (Phi) is 1.98. The normalized spacial score (nSPS) is 11.1. The molecule has 0 saturated heterocycles. The highest BCUT2D eigenvalue weighted by atomic mass is 35.5. The second-order valence-corrected chi connectivity index (χ2v) is 4.04. The molecule has 3 heteroatoms. The number of pyridine rings is 1. The molecule has 0 radical (unpaired) electrons. The van der Waals surface area contributed by atoms with Crippen molar-refractivity contribution in [3.8, 4) is 5.75 Å². The monoisotopic (exact) mass is 229 g/mol. The first-order valence-electron chi connectivity index (χ1n) is 4.92. The first kappa shape index (κ1) is 9.43. The maximum atomic E-state index is 9.88. The molecular weight excluding hydrogens is 222 g/mol. The molecule has 0 aliphatic rings. The van der Waals surface area contributed by atoms with E-state index in [1.54, 1.807) is 18.3 Å². The molecule has 1 aromatic heterocycles. The molecule has 1 N–H and O–H groups in total. The molecule has 0 atom stereocenters. The van der Waals surface area contributed by atoms with Gasteiger partial charge in [0.2, 0.25) is 0 Å². The number of phenolic OH excluding ortho intramolecular Hbond substituents is 1. The lowest BCUT2D eigenvalue weighted by molar-refractivity contribution is 0.482. The van der Waals surface area contributed by atoms with Gasteiger partial charge in [0.25, 0.3) is 0 Å². The minimum absolute atomic E-state index is 0.234. The Balaban J connectivity index is 2.67. The molecule has 3 aromatic rings. The fourth-order valence-electron chi connectivity index (χ4n) is 1.95. The molecule has 3 rings (SSSR count). The number of aromatic nitrogens is 1. The lowest BCUT2D eigenvalue weighted by Gasteiger charge is -2.06. The second-order valence-electron chi connectivity index (χ2n) is 3.63. The Morgan fingerprint density at radius 1 is 1.12 bits per heavy atom. The molecule has 2 nitrogen and oxygen atoms in total. The van der Waals surface area contributed by atoms with E-state index in [0.29, 0.717) is 5.02 Å². The first-order valence-corrected chi connectivity index (χ1v) is 5.30. The molecule has 0 aliphatic carbocycles. The van der Waals surface area contributed by atoms with Gasteiger partial charge in [0, 0.05) is 17.0 Å². The van der Waals surface area contributed by atoms with Crippen molar-refractivity contribution in [1.82, 2.24) is 4.98 Å². The summed E-state index contributed by atoms with van der Waals surface area (Å²) in [5, 5.41) is 13.0. The van der Waals surface area contributed by atoms with E-state index < -0.39 is 0 Å². The number of aromatic hydroxyl groups is 1. The lowest BCUT2D eigenvalue weighted by atomic mass is 10.1. The molecule has 2 aromatic carbocycles. The smallest absolute Gasteiger partial charge is 0.125 e. The predicted octanol–water partition coefficient (Wildman–Crippen LogP) is 3.75. The van der Waals surface area contributed by atoms with Crippen molar-refractivity contribution in [2.24, 2.45) is 0 Å². The van der Waals surface area contributed by atoms with E-state index in [1.807, 2.05) is 24.3 Å². The number of benzene rings is 2. The molecule has 78 valence electrons. The maximum absolute atomic E-state index is 9.88. The molecule has 0 bridgehead atoms. The molecule has 0 amide bonds. The van der Waals surface area contributed by atoms with E-state index in [0.717, 1.165) is 21.7 Å². The van der Waals surface area contributed by atoms with E-state index >= 15 is 0 Å². The highest BCUT2D eigenvalue weighted by Crippen LogP contribution is 2.34. The van der Waals surface area contributed by atoms with E-state index in [4.69, 9.17) is 11.6 Å². The van der Waals surface area contributed by atoms with Crippen molar-refractivity contribution in [2.75, 3.05) is 0 Å². The number of fused-ring (bicyclic) bond motifs is 3. The Labute approximate surface area is 97.1 Å². The zero-order chi connectivity index (χ0) is 11.1.